The second-order valence-corrected chi connectivity index (χ2v) is 33.1. The summed E-state index contributed by atoms with van der Waals surface area (Å²) in [6.45, 7) is 12.1. The molecule has 0 saturated heterocycles. The normalized spacial score (nSPS) is 12.5. The largest absolute Gasteiger partial charge is 0.368 e. The lowest BCUT2D eigenvalue weighted by Crippen LogP contribution is -2.66. The number of urea groups is 6. The van der Waals surface area contributed by atoms with E-state index in [1.54, 1.807) is 203 Å². The van der Waals surface area contributed by atoms with E-state index in [4.69, 9.17) is 28.7 Å². The smallest absolute Gasteiger partial charge is 0.345 e. The molecule has 21 amide bonds. The summed E-state index contributed by atoms with van der Waals surface area (Å²) < 4.78 is 0. The fourth-order valence-corrected chi connectivity index (χ4v) is 14.4. The van der Waals surface area contributed by atoms with Crippen LogP contribution >= 0.6 is 0 Å². The molecule has 16 N–H and O–H groups in total. The van der Waals surface area contributed by atoms with Crippen LogP contribution in [-0.4, -0.2) is 187 Å². The van der Waals surface area contributed by atoms with Crippen LogP contribution < -0.4 is 60.7 Å². The van der Waals surface area contributed by atoms with Gasteiger partial charge in [0.25, 0.3) is 0 Å². The number of hydrogen-bond acceptors (Lipinski definition) is 18. The molecule has 0 heterocycles. The lowest BCUT2D eigenvalue weighted by molar-refractivity contribution is -0.152. The number of unbranched alkanes of at least 4 members (excludes halogenated alkanes) is 3. The number of benzene rings is 6. The van der Waals surface area contributed by atoms with Crippen molar-refractivity contribution >= 4 is 89.4 Å². The molecular formula is C95H132N18O15. The molecule has 6 aromatic rings. The van der Waals surface area contributed by atoms with Gasteiger partial charge in [0.05, 0.1) is 0 Å². The van der Waals surface area contributed by atoms with Gasteiger partial charge in [-0.15, -0.1) is 0 Å². The highest BCUT2D eigenvalue weighted by atomic mass is 16.2. The molecule has 0 aromatic heterocycles. The summed E-state index contributed by atoms with van der Waals surface area (Å²) in [5.74, 6) is -9.78. The average Bonchev–Trinajstić information content (AvgIpc) is 0.843. The summed E-state index contributed by atoms with van der Waals surface area (Å²) in [6, 6.07) is 43.5. The number of nitrogens with zero attached hydrogens (tertiary/aromatic N) is 7. The van der Waals surface area contributed by atoms with Crippen LogP contribution in [0.2, 0.25) is 0 Å². The highest BCUT2D eigenvalue weighted by Crippen LogP contribution is 2.24. The second-order valence-electron chi connectivity index (χ2n) is 33.1. The Kier molecular flexibility index (Phi) is 45.2. The Morgan fingerprint density at radius 2 is 0.562 bits per heavy atom. The molecule has 0 fully saturated rings. The Balaban J connectivity index is 1.54. The maximum Gasteiger partial charge on any atom is 0.345 e. The highest BCUT2D eigenvalue weighted by molar-refractivity contribution is 6.35. The number of hydrogen-bond donors (Lipinski definition) is 11. The van der Waals surface area contributed by atoms with Crippen LogP contribution in [0.4, 0.5) is 28.8 Å². The van der Waals surface area contributed by atoms with Gasteiger partial charge in [0, 0.05) is 57.4 Å². The van der Waals surface area contributed by atoms with Crippen molar-refractivity contribution in [3.63, 3.8) is 0 Å². The van der Waals surface area contributed by atoms with Crippen molar-refractivity contribution in [1.82, 2.24) is 66.4 Å². The van der Waals surface area contributed by atoms with E-state index in [1.807, 2.05) is 27.7 Å². The average molecular weight is 1770 g/mol. The van der Waals surface area contributed by atoms with Gasteiger partial charge in [-0.25, -0.2) is 58.7 Å². The van der Waals surface area contributed by atoms with Gasteiger partial charge >= 0.3 is 48.0 Å². The second kappa shape index (κ2) is 55.7. The maximum absolute atomic E-state index is 16.4. The first kappa shape index (κ1) is 104. The third-order valence-electron chi connectivity index (χ3n) is 21.4. The van der Waals surface area contributed by atoms with Crippen LogP contribution in [-0.2, 0) is 81.7 Å². The van der Waals surface area contributed by atoms with Crippen molar-refractivity contribution < 1.29 is 71.9 Å². The summed E-state index contributed by atoms with van der Waals surface area (Å²) in [5, 5.41) is 14.2. The van der Waals surface area contributed by atoms with Gasteiger partial charge in [-0.2, -0.15) is 5.01 Å². The van der Waals surface area contributed by atoms with Crippen molar-refractivity contribution in [2.75, 3.05) is 26.2 Å². The minimum Gasteiger partial charge on any atom is -0.368 e. The van der Waals surface area contributed by atoms with Crippen LogP contribution in [0.25, 0.3) is 0 Å². The van der Waals surface area contributed by atoms with Crippen LogP contribution in [0.1, 0.15) is 197 Å². The minimum atomic E-state index is -1.84. The molecule has 0 aliphatic rings. The number of nitrogens with one attached hydrogen (secondary N) is 6. The van der Waals surface area contributed by atoms with Crippen molar-refractivity contribution in [2.24, 2.45) is 46.4 Å². The zero-order valence-electron chi connectivity index (χ0n) is 75.0. The fourth-order valence-electron chi connectivity index (χ4n) is 14.4. The minimum absolute atomic E-state index is 0.0152. The molecule has 0 aliphatic heterocycles. The summed E-state index contributed by atoms with van der Waals surface area (Å²) in [5.41, 5.74) is 35.8. The van der Waals surface area contributed by atoms with Gasteiger partial charge in [-0.05, 0) is 180 Å². The first-order chi connectivity index (χ1) is 61.3. The van der Waals surface area contributed by atoms with Crippen molar-refractivity contribution in [2.45, 2.75) is 239 Å². The van der Waals surface area contributed by atoms with Crippen LogP contribution in [0.5, 0.6) is 0 Å². The lowest BCUT2D eigenvalue weighted by atomic mass is 10.1. The number of carbonyl (C=O) groups is 15. The number of carbonyl (C=O) groups excluding carboxylic acids is 15. The quantitative estimate of drug-likeness (QED) is 0.00731. The molecular weight excluding hydrogens is 1630 g/mol. The molecule has 128 heavy (non-hydrogen) atoms. The summed E-state index contributed by atoms with van der Waals surface area (Å²) >= 11 is 0. The molecule has 0 saturated carbocycles. The zero-order valence-corrected chi connectivity index (χ0v) is 75.0. The Hall–Kier alpha value is -12.8. The summed E-state index contributed by atoms with van der Waals surface area (Å²) in [4.78, 5) is 231. The Labute approximate surface area is 751 Å². The molecule has 6 rings (SSSR count). The Morgan fingerprint density at radius 1 is 0.297 bits per heavy atom. The molecule has 0 radical (unpaired) electrons. The van der Waals surface area contributed by atoms with E-state index in [0.29, 0.717) is 33.6 Å². The van der Waals surface area contributed by atoms with E-state index in [0.717, 1.165) is 35.6 Å². The molecule has 33 heteroatoms. The molecule has 6 aromatic carbocycles. The molecule has 0 spiro atoms. The SMILES string of the molecule is CC(C)CCC(=O)N(NC(=O)C(=O)N(CC(N)=O)[C@@H](C)Cc1ccccc1)C(=O)N[C@@H](Cc1ccccc1)N(C(=O)CCC(C)C)C(=O)N[C@@H](Cc1ccccc1)N(C(=O)CCC(C)C)C(=O)N[C@H](CCCCN)N(C(=O)CCc1ccccc1)C(=O)N[C@@H](CCCCN)N(C(=O)CCc1ccccc1)C(=O)N[C@@H](CCCCN)N(C(N)=O)C(=O)CCc1ccccc1. The first-order valence-electron chi connectivity index (χ1n) is 44.3. The van der Waals surface area contributed by atoms with E-state index < -0.39 is 152 Å². The monoisotopic (exact) mass is 1770 g/mol. The molecule has 692 valence electrons. The van der Waals surface area contributed by atoms with Gasteiger partial charge in [0.2, 0.25) is 41.4 Å². The van der Waals surface area contributed by atoms with Crippen LogP contribution in [0.15, 0.2) is 182 Å². The predicted molar refractivity (Wildman–Crippen MR) is 486 cm³/mol. The number of imide groups is 6. The van der Waals surface area contributed by atoms with Gasteiger partial charge in [0.15, 0.2) is 0 Å². The van der Waals surface area contributed by atoms with E-state index in [2.05, 4.69) is 32.0 Å². The summed E-state index contributed by atoms with van der Waals surface area (Å²) in [6.07, 6.45) is -9.96. The number of nitrogens with two attached hydrogens (primary N) is 5. The predicted octanol–water partition coefficient (Wildman–Crippen LogP) is 10.3. The molecule has 6 atom stereocenters. The van der Waals surface area contributed by atoms with E-state index in [-0.39, 0.29) is 171 Å². The summed E-state index contributed by atoms with van der Waals surface area (Å²) in [7, 11) is 0. The number of primary amides is 2. The van der Waals surface area contributed by atoms with Crippen molar-refractivity contribution in [1.29, 1.82) is 0 Å². The number of rotatable bonds is 49. The lowest BCUT2D eigenvalue weighted by Gasteiger charge is -2.38. The zero-order chi connectivity index (χ0) is 93.6. The van der Waals surface area contributed by atoms with Gasteiger partial charge in [-0.3, -0.25) is 43.2 Å². The maximum atomic E-state index is 16.4. The third-order valence-corrected chi connectivity index (χ3v) is 21.4. The van der Waals surface area contributed by atoms with E-state index in [1.165, 1.54) is 0 Å². The number of amides is 21. The van der Waals surface area contributed by atoms with Crippen LogP contribution in [0, 0.1) is 17.8 Å². The molecule has 0 aliphatic carbocycles. The van der Waals surface area contributed by atoms with E-state index in [9.17, 15) is 28.8 Å². The Morgan fingerprint density at radius 3 is 0.867 bits per heavy atom. The Bertz CT molecular complexity index is 4540. The highest BCUT2D eigenvalue weighted by Gasteiger charge is 2.43. The van der Waals surface area contributed by atoms with E-state index >= 15 is 43.2 Å². The van der Waals surface area contributed by atoms with Crippen LogP contribution in [0.3, 0.4) is 0 Å². The first-order valence-corrected chi connectivity index (χ1v) is 44.3. The molecule has 0 bridgehead atoms. The standard InChI is InChI=1S/C95H132N18O15/c1-66(2)47-53-83(116)111(80(63-74-40-22-12-23-41-74)104-94(127)112(84(117)54-48-67(3)4)81(64-75-42-24-13-25-43-75)105-95(128)113(87(120)55-49-68(5)6)106-88(121)89(122)107(65-76(99)114)69(7)62-73-38-20-11-21-39-73)93(126)103-79(46-28-31-61-98)110(86(119)58-52-72-36-18-10-19-37-72)92(125)102-78(45-27-30-60-97)109(85(118)57-51-71-34-16-9-17-35-71)91(124)101-77(44-26-29-59-96)108(90(100)123)82(115)56-50-70-32-14-8-15-33-70/h8-25,32-43,66-69,77-81H,26-31,44-65,96-98H2,1-7H3,(H2,99,114)(H2,100,123)(H,101,124)(H,102,125)(H,103,126)(H,104,127)(H,105,128)(H,106,121)/t69-,77+,78+,79-,80+,81+/m0/s1. The molecule has 33 nitrogen and oxygen atoms in total. The topological polar surface area (TPSA) is 481 Å². The van der Waals surface area contributed by atoms with Gasteiger partial charge < -0.3 is 60.2 Å². The van der Waals surface area contributed by atoms with Crippen molar-refractivity contribution in [3.05, 3.63) is 215 Å². The van der Waals surface area contributed by atoms with Gasteiger partial charge in [0.1, 0.15) is 37.4 Å². The third kappa shape index (κ3) is 35.6. The van der Waals surface area contributed by atoms with Gasteiger partial charge in [-0.1, -0.05) is 224 Å². The van der Waals surface area contributed by atoms with Crippen molar-refractivity contribution in [3.8, 4) is 0 Å². The fraction of sp³-hybridized carbons (Fsp3) is 0.463. The number of aryl methyl sites for hydroxylation is 3. The number of hydrazine groups is 1. The molecule has 0 unspecified atom stereocenters.